The van der Waals surface area contributed by atoms with Gasteiger partial charge < -0.3 is 0 Å². The smallest absolute Gasteiger partial charge is 0.153 e. The first-order valence-corrected chi connectivity index (χ1v) is 5.22. The monoisotopic (exact) mass is 242 g/mol. The van der Waals surface area contributed by atoms with Crippen LogP contribution in [0.2, 0.25) is 0 Å². The summed E-state index contributed by atoms with van der Waals surface area (Å²) in [5.74, 6) is -1.78. The van der Waals surface area contributed by atoms with E-state index in [-0.39, 0.29) is 12.0 Å². The fraction of sp³-hybridized carbons (Fsp3) is 0.0714. The lowest BCUT2D eigenvalue weighted by atomic mass is 10.1. The fourth-order valence-corrected chi connectivity index (χ4v) is 1.60. The number of pyridine rings is 1. The summed E-state index contributed by atoms with van der Waals surface area (Å²) < 4.78 is 27.1. The average Bonchev–Trinajstić information content (AvgIpc) is 2.39. The summed E-state index contributed by atoms with van der Waals surface area (Å²) in [6.45, 7) is 5.45. The molecule has 4 heteroatoms. The van der Waals surface area contributed by atoms with E-state index < -0.39 is 17.2 Å². The fourth-order valence-electron chi connectivity index (χ4n) is 1.60. The Labute approximate surface area is 104 Å². The normalized spacial score (nSPS) is 10.1. The van der Waals surface area contributed by atoms with Crippen molar-refractivity contribution < 1.29 is 8.78 Å². The molecule has 0 fully saturated rings. The van der Waals surface area contributed by atoms with E-state index in [1.807, 2.05) is 0 Å². The number of nitrogens with zero attached hydrogens (tertiary/aromatic N) is 2. The Morgan fingerprint density at radius 3 is 2.67 bits per heavy atom. The van der Waals surface area contributed by atoms with Crippen LogP contribution in [0.25, 0.3) is 11.3 Å². The van der Waals surface area contributed by atoms with Gasteiger partial charge in [-0.3, -0.25) is 4.98 Å². The summed E-state index contributed by atoms with van der Waals surface area (Å²) >= 11 is 0. The third-order valence-electron chi connectivity index (χ3n) is 2.49. The number of hydrogen-bond donors (Lipinski definition) is 0. The van der Waals surface area contributed by atoms with Crippen LogP contribution in [0.5, 0.6) is 0 Å². The first-order valence-electron chi connectivity index (χ1n) is 5.22. The van der Waals surface area contributed by atoms with Gasteiger partial charge in [-0.15, -0.1) is 0 Å². The molecule has 1 aromatic heterocycles. The van der Waals surface area contributed by atoms with Gasteiger partial charge in [-0.05, 0) is 37.6 Å². The quantitative estimate of drug-likeness (QED) is 0.811. The summed E-state index contributed by atoms with van der Waals surface area (Å²) in [6.07, 6.45) is 0.224. The lowest BCUT2D eigenvalue weighted by Crippen LogP contribution is -1.97. The van der Waals surface area contributed by atoms with Crippen molar-refractivity contribution in [3.63, 3.8) is 0 Å². The van der Waals surface area contributed by atoms with Crippen LogP contribution in [-0.2, 0) is 6.42 Å². The molecular weight excluding hydrogens is 234 g/mol. The Kier molecular flexibility index (Phi) is 3.33. The standard InChI is InChI=1S/C14H8F2N2/c1-2-9-4-3-5-13(18-9)10-6-7-12(15)11(8-17)14(10)16/h1,3-7H,2H2. The lowest BCUT2D eigenvalue weighted by Gasteiger charge is -2.06. The van der Waals surface area contributed by atoms with Crippen molar-refractivity contribution in [2.45, 2.75) is 6.42 Å². The number of aromatic nitrogens is 1. The van der Waals surface area contributed by atoms with Crippen LogP contribution in [0.1, 0.15) is 11.3 Å². The molecule has 2 nitrogen and oxygen atoms in total. The molecule has 2 aromatic rings. The van der Waals surface area contributed by atoms with Gasteiger partial charge in [0.1, 0.15) is 17.4 Å². The molecule has 2 radical (unpaired) electrons. The van der Waals surface area contributed by atoms with Crippen LogP contribution < -0.4 is 0 Å². The van der Waals surface area contributed by atoms with E-state index >= 15 is 0 Å². The zero-order valence-electron chi connectivity index (χ0n) is 9.32. The van der Waals surface area contributed by atoms with Crippen molar-refractivity contribution in [1.82, 2.24) is 4.98 Å². The van der Waals surface area contributed by atoms with Gasteiger partial charge in [0.15, 0.2) is 5.82 Å². The predicted molar refractivity (Wildman–Crippen MR) is 62.3 cm³/mol. The average molecular weight is 242 g/mol. The second-order valence-electron chi connectivity index (χ2n) is 3.61. The third-order valence-corrected chi connectivity index (χ3v) is 2.49. The van der Waals surface area contributed by atoms with Crippen LogP contribution >= 0.6 is 0 Å². The zero-order valence-corrected chi connectivity index (χ0v) is 9.32. The van der Waals surface area contributed by atoms with Crippen LogP contribution in [0.4, 0.5) is 8.78 Å². The molecule has 2 rings (SSSR count). The molecule has 0 spiro atoms. The molecule has 0 bridgehead atoms. The maximum absolute atomic E-state index is 13.9. The highest BCUT2D eigenvalue weighted by Gasteiger charge is 2.15. The largest absolute Gasteiger partial charge is 0.253 e. The van der Waals surface area contributed by atoms with Gasteiger partial charge in [-0.1, -0.05) is 6.07 Å². The Morgan fingerprint density at radius 1 is 1.22 bits per heavy atom. The number of rotatable bonds is 2. The molecule has 88 valence electrons. The number of hydrogen-bond acceptors (Lipinski definition) is 2. The van der Waals surface area contributed by atoms with Gasteiger partial charge in [0, 0.05) is 11.3 Å². The van der Waals surface area contributed by atoms with Crippen LogP contribution in [0.3, 0.4) is 0 Å². The Hall–Kier alpha value is -2.28. The van der Waals surface area contributed by atoms with Gasteiger partial charge in [-0.2, -0.15) is 5.26 Å². The van der Waals surface area contributed by atoms with E-state index in [4.69, 9.17) is 12.2 Å². The molecule has 0 saturated heterocycles. The maximum atomic E-state index is 13.9. The summed E-state index contributed by atoms with van der Waals surface area (Å²) in [5, 5.41) is 8.70. The number of benzene rings is 1. The third kappa shape index (κ3) is 2.07. The van der Waals surface area contributed by atoms with Crippen molar-refractivity contribution in [2.75, 3.05) is 0 Å². The molecule has 0 saturated carbocycles. The highest BCUT2D eigenvalue weighted by molar-refractivity contribution is 5.62. The topological polar surface area (TPSA) is 36.7 Å². The number of nitriles is 1. The number of halogens is 2. The second-order valence-corrected chi connectivity index (χ2v) is 3.61. The maximum Gasteiger partial charge on any atom is 0.153 e. The van der Waals surface area contributed by atoms with Crippen molar-refractivity contribution in [1.29, 1.82) is 5.26 Å². The first kappa shape index (κ1) is 12.2. The molecule has 0 aliphatic heterocycles. The van der Waals surface area contributed by atoms with E-state index in [1.165, 1.54) is 12.1 Å². The van der Waals surface area contributed by atoms with E-state index in [0.29, 0.717) is 11.4 Å². The zero-order chi connectivity index (χ0) is 13.1. The highest BCUT2D eigenvalue weighted by atomic mass is 19.1. The molecule has 0 atom stereocenters. The molecule has 0 aliphatic rings. The van der Waals surface area contributed by atoms with E-state index in [1.54, 1.807) is 18.2 Å². The van der Waals surface area contributed by atoms with Gasteiger partial charge in [0.2, 0.25) is 0 Å². The van der Waals surface area contributed by atoms with Crippen LogP contribution in [0, 0.1) is 29.9 Å². The minimum atomic E-state index is -0.904. The highest BCUT2D eigenvalue weighted by Crippen LogP contribution is 2.25. The molecule has 1 aromatic carbocycles. The minimum Gasteiger partial charge on any atom is -0.253 e. The van der Waals surface area contributed by atoms with Gasteiger partial charge in [-0.25, -0.2) is 8.78 Å². The SMILES string of the molecule is [CH]Cc1cccc(-c2ccc(F)c(C#N)c2F)n1. The van der Waals surface area contributed by atoms with E-state index in [0.717, 1.165) is 6.07 Å². The van der Waals surface area contributed by atoms with Crippen molar-refractivity contribution in [3.05, 3.63) is 60.1 Å². The molecule has 0 aliphatic carbocycles. The summed E-state index contributed by atoms with van der Waals surface area (Å²) in [6, 6.07) is 8.77. The molecule has 18 heavy (non-hydrogen) atoms. The summed E-state index contributed by atoms with van der Waals surface area (Å²) in [7, 11) is 0. The molecule has 0 N–H and O–H groups in total. The van der Waals surface area contributed by atoms with Crippen LogP contribution in [-0.4, -0.2) is 4.98 Å². The Morgan fingerprint density at radius 2 is 2.00 bits per heavy atom. The Balaban J connectivity index is 2.61. The van der Waals surface area contributed by atoms with Gasteiger partial charge >= 0.3 is 0 Å². The Bertz CT molecular complexity index is 630. The summed E-state index contributed by atoms with van der Waals surface area (Å²) in [5.41, 5.74) is 0.400. The van der Waals surface area contributed by atoms with Crippen molar-refractivity contribution >= 4 is 0 Å². The first-order chi connectivity index (χ1) is 8.67. The predicted octanol–water partition coefficient (Wildman–Crippen LogP) is 3.15. The molecular formula is C14H8F2N2. The summed E-state index contributed by atoms with van der Waals surface area (Å²) in [4.78, 5) is 4.13. The lowest BCUT2D eigenvalue weighted by molar-refractivity contribution is 0.579. The van der Waals surface area contributed by atoms with E-state index in [2.05, 4.69) is 4.98 Å². The second kappa shape index (κ2) is 4.92. The molecule has 1 heterocycles. The molecule has 0 amide bonds. The van der Waals surface area contributed by atoms with Gasteiger partial charge in [0.05, 0.1) is 5.69 Å². The van der Waals surface area contributed by atoms with Gasteiger partial charge in [0.25, 0.3) is 0 Å². The van der Waals surface area contributed by atoms with Crippen LogP contribution in [0.15, 0.2) is 30.3 Å². The molecule has 0 unspecified atom stereocenters. The van der Waals surface area contributed by atoms with Crippen molar-refractivity contribution in [3.8, 4) is 17.3 Å². The minimum absolute atomic E-state index is 0.0863. The van der Waals surface area contributed by atoms with Crippen molar-refractivity contribution in [2.24, 2.45) is 0 Å². The van der Waals surface area contributed by atoms with E-state index in [9.17, 15) is 8.78 Å².